The van der Waals surface area contributed by atoms with Crippen LogP contribution in [0.2, 0.25) is 0 Å². The number of fused-ring (bicyclic) bond motifs is 1. The molecule has 0 saturated heterocycles. The van der Waals surface area contributed by atoms with Crippen molar-refractivity contribution in [2.75, 3.05) is 5.32 Å². The van der Waals surface area contributed by atoms with Crippen molar-refractivity contribution >= 4 is 17.1 Å². The smallest absolute Gasteiger partial charge is 0.284 e. The van der Waals surface area contributed by atoms with Gasteiger partial charge in [0.05, 0.1) is 17.6 Å². The van der Waals surface area contributed by atoms with E-state index in [1.54, 1.807) is 24.4 Å². The fourth-order valence-electron chi connectivity index (χ4n) is 3.37. The van der Waals surface area contributed by atoms with Gasteiger partial charge in [0.2, 0.25) is 0 Å². The second-order valence-corrected chi connectivity index (χ2v) is 7.29. The van der Waals surface area contributed by atoms with Gasteiger partial charge in [-0.15, -0.1) is 0 Å². The van der Waals surface area contributed by atoms with Gasteiger partial charge in [0.15, 0.2) is 23.1 Å². The van der Waals surface area contributed by atoms with Gasteiger partial charge in [-0.1, -0.05) is 0 Å². The zero-order valence-corrected chi connectivity index (χ0v) is 17.7. The highest BCUT2D eigenvalue weighted by Gasteiger charge is 2.19. The van der Waals surface area contributed by atoms with Gasteiger partial charge in [0, 0.05) is 24.5 Å². The molecule has 1 N–H and O–H groups in total. The molecule has 3 heterocycles. The summed E-state index contributed by atoms with van der Waals surface area (Å²) < 4.78 is 50.5. The fourth-order valence-corrected chi connectivity index (χ4v) is 3.37. The Morgan fingerprint density at radius 2 is 1.66 bits per heavy atom. The van der Waals surface area contributed by atoms with Gasteiger partial charge in [-0.3, -0.25) is 9.59 Å². The van der Waals surface area contributed by atoms with Crippen molar-refractivity contribution in [1.82, 2.24) is 19.4 Å². The molecule has 8 nitrogen and oxygen atoms in total. The molecule has 174 valence electrons. The number of ether oxygens (including phenoxy) is 1. The van der Waals surface area contributed by atoms with E-state index in [1.807, 2.05) is 0 Å². The predicted molar refractivity (Wildman–Crippen MR) is 119 cm³/mol. The molecule has 0 aliphatic heterocycles. The maximum atomic E-state index is 14.7. The van der Waals surface area contributed by atoms with Crippen molar-refractivity contribution in [3.63, 3.8) is 0 Å². The SMILES string of the molecule is O=C(Nc1cc(F)c(Oc2cccn3nccc23)cc1F)c1ccnn(-c2ccc(F)cc2)c1=O. The van der Waals surface area contributed by atoms with Crippen LogP contribution < -0.4 is 15.6 Å². The Bertz CT molecular complexity index is 1630. The highest BCUT2D eigenvalue weighted by Crippen LogP contribution is 2.31. The van der Waals surface area contributed by atoms with Crippen molar-refractivity contribution in [2.24, 2.45) is 0 Å². The molecule has 0 spiro atoms. The van der Waals surface area contributed by atoms with E-state index >= 15 is 0 Å². The molecule has 35 heavy (non-hydrogen) atoms. The molecule has 5 rings (SSSR count). The van der Waals surface area contributed by atoms with Gasteiger partial charge in [-0.05, 0) is 48.5 Å². The number of pyridine rings is 1. The van der Waals surface area contributed by atoms with Crippen LogP contribution in [0.25, 0.3) is 11.2 Å². The molecule has 5 aromatic rings. The Hall–Kier alpha value is -4.93. The zero-order chi connectivity index (χ0) is 24.5. The number of benzene rings is 2. The number of anilines is 1. The quantitative estimate of drug-likeness (QED) is 0.407. The van der Waals surface area contributed by atoms with Crippen LogP contribution in [0.15, 0.2) is 84.0 Å². The standard InChI is InChI=1S/C24H14F3N5O3/c25-14-3-5-15(6-4-14)32-24(34)16(7-9-29-32)23(33)30-19-12-18(27)22(13-17(19)26)35-21-2-1-11-31-20(21)8-10-28-31/h1-13H,(H,30,33). The summed E-state index contributed by atoms with van der Waals surface area (Å²) in [4.78, 5) is 25.4. The highest BCUT2D eigenvalue weighted by molar-refractivity contribution is 6.04. The molecule has 0 saturated carbocycles. The van der Waals surface area contributed by atoms with Crippen LogP contribution in [0.3, 0.4) is 0 Å². The van der Waals surface area contributed by atoms with Crippen molar-refractivity contribution in [2.45, 2.75) is 0 Å². The Labute approximate surface area is 194 Å². The summed E-state index contributed by atoms with van der Waals surface area (Å²) >= 11 is 0. The fraction of sp³-hybridized carbons (Fsp3) is 0. The highest BCUT2D eigenvalue weighted by atomic mass is 19.1. The van der Waals surface area contributed by atoms with E-state index in [1.165, 1.54) is 29.0 Å². The molecule has 0 atom stereocenters. The van der Waals surface area contributed by atoms with Crippen molar-refractivity contribution in [1.29, 1.82) is 0 Å². The molecule has 0 aliphatic rings. The molecule has 0 aliphatic carbocycles. The number of nitrogens with zero attached hydrogens (tertiary/aromatic N) is 4. The minimum absolute atomic E-state index is 0.220. The van der Waals surface area contributed by atoms with Crippen LogP contribution >= 0.6 is 0 Å². The minimum atomic E-state index is -0.983. The van der Waals surface area contributed by atoms with Crippen molar-refractivity contribution in [3.05, 3.63) is 113 Å². The number of halogens is 3. The average molecular weight is 477 g/mol. The van der Waals surface area contributed by atoms with E-state index in [0.717, 1.165) is 35.0 Å². The molecule has 2 aromatic carbocycles. The number of nitrogens with one attached hydrogen (secondary N) is 1. The van der Waals surface area contributed by atoms with Crippen LogP contribution in [-0.2, 0) is 0 Å². The summed E-state index contributed by atoms with van der Waals surface area (Å²) in [5.41, 5.74) is -0.937. The number of amides is 1. The molecular formula is C24H14F3N5O3. The van der Waals surface area contributed by atoms with Crippen LogP contribution in [-0.4, -0.2) is 25.3 Å². The molecule has 1 amide bonds. The predicted octanol–water partition coefficient (Wildman–Crippen LogP) is 4.34. The number of aromatic nitrogens is 4. The lowest BCUT2D eigenvalue weighted by Gasteiger charge is -2.12. The third-order valence-electron chi connectivity index (χ3n) is 5.05. The van der Waals surface area contributed by atoms with E-state index in [4.69, 9.17) is 4.74 Å². The van der Waals surface area contributed by atoms with Crippen LogP contribution in [0.5, 0.6) is 11.5 Å². The molecule has 11 heteroatoms. The summed E-state index contributed by atoms with van der Waals surface area (Å²) in [6.45, 7) is 0. The maximum Gasteiger partial charge on any atom is 0.284 e. The van der Waals surface area contributed by atoms with Crippen LogP contribution in [0.1, 0.15) is 10.4 Å². The van der Waals surface area contributed by atoms with Crippen LogP contribution in [0, 0.1) is 17.5 Å². The van der Waals surface area contributed by atoms with E-state index in [9.17, 15) is 22.8 Å². The first-order valence-corrected chi connectivity index (χ1v) is 10.2. The largest absolute Gasteiger partial charge is 0.452 e. The monoisotopic (exact) mass is 477 g/mol. The third kappa shape index (κ3) is 4.22. The maximum absolute atomic E-state index is 14.7. The summed E-state index contributed by atoms with van der Waals surface area (Å²) in [6, 6.07) is 12.4. The Balaban J connectivity index is 1.41. The van der Waals surface area contributed by atoms with Crippen LogP contribution in [0.4, 0.5) is 18.9 Å². The second kappa shape index (κ2) is 8.78. The Morgan fingerprint density at radius 3 is 2.46 bits per heavy atom. The molecule has 3 aromatic heterocycles. The molecular weight excluding hydrogens is 463 g/mol. The molecule has 0 unspecified atom stereocenters. The lowest BCUT2D eigenvalue weighted by Crippen LogP contribution is -2.29. The second-order valence-electron chi connectivity index (χ2n) is 7.29. The lowest BCUT2D eigenvalue weighted by molar-refractivity contribution is 0.102. The first-order valence-electron chi connectivity index (χ1n) is 10.2. The normalized spacial score (nSPS) is 10.9. The Kier molecular flexibility index (Phi) is 5.49. The Morgan fingerprint density at radius 1 is 0.886 bits per heavy atom. The molecule has 0 bridgehead atoms. The van der Waals surface area contributed by atoms with E-state index in [2.05, 4.69) is 15.5 Å². The van der Waals surface area contributed by atoms with Gasteiger partial charge in [-0.25, -0.2) is 17.7 Å². The van der Waals surface area contributed by atoms with Crippen molar-refractivity contribution < 1.29 is 22.7 Å². The number of carbonyl (C=O) groups is 1. The van der Waals surface area contributed by atoms with E-state index in [0.29, 0.717) is 5.52 Å². The molecule has 0 fully saturated rings. The van der Waals surface area contributed by atoms with Gasteiger partial charge in [0.1, 0.15) is 16.9 Å². The minimum Gasteiger partial charge on any atom is -0.452 e. The van der Waals surface area contributed by atoms with Crippen molar-refractivity contribution in [3.8, 4) is 17.2 Å². The molecule has 0 radical (unpaired) electrons. The topological polar surface area (TPSA) is 90.5 Å². The van der Waals surface area contributed by atoms with Gasteiger partial charge in [-0.2, -0.15) is 14.9 Å². The first kappa shape index (κ1) is 21.9. The number of hydrogen-bond acceptors (Lipinski definition) is 5. The lowest BCUT2D eigenvalue weighted by atomic mass is 10.2. The summed E-state index contributed by atoms with van der Waals surface area (Å²) in [5, 5.41) is 10.1. The number of carbonyl (C=O) groups excluding carboxylic acids is 1. The summed E-state index contributed by atoms with van der Waals surface area (Å²) in [5.74, 6) is -3.58. The van der Waals surface area contributed by atoms with E-state index in [-0.39, 0.29) is 17.0 Å². The number of rotatable bonds is 5. The summed E-state index contributed by atoms with van der Waals surface area (Å²) in [7, 11) is 0. The summed E-state index contributed by atoms with van der Waals surface area (Å²) in [6.07, 6.45) is 4.38. The van der Waals surface area contributed by atoms with Gasteiger partial charge >= 0.3 is 0 Å². The van der Waals surface area contributed by atoms with E-state index < -0.39 is 40.4 Å². The third-order valence-corrected chi connectivity index (χ3v) is 5.05. The van der Waals surface area contributed by atoms with Gasteiger partial charge < -0.3 is 10.1 Å². The van der Waals surface area contributed by atoms with Gasteiger partial charge in [0.25, 0.3) is 11.5 Å². The number of hydrogen-bond donors (Lipinski definition) is 1. The average Bonchev–Trinajstić information content (AvgIpc) is 3.33. The zero-order valence-electron chi connectivity index (χ0n) is 17.7. The first-order chi connectivity index (χ1) is 16.9.